The van der Waals surface area contributed by atoms with Gasteiger partial charge in [0.05, 0.1) is 23.1 Å². The van der Waals surface area contributed by atoms with E-state index in [2.05, 4.69) is 15.5 Å². The lowest BCUT2D eigenvalue weighted by molar-refractivity contribution is 0.103. The number of nitrogens with zero attached hydrogens (tertiary/aromatic N) is 1. The Morgan fingerprint density at radius 1 is 1.39 bits per heavy atom. The van der Waals surface area contributed by atoms with E-state index in [1.54, 1.807) is 17.6 Å². The van der Waals surface area contributed by atoms with Crippen LogP contribution in [-0.2, 0) is 0 Å². The normalized spacial score (nSPS) is 10.7. The van der Waals surface area contributed by atoms with Crippen molar-refractivity contribution in [3.8, 4) is 0 Å². The lowest BCUT2D eigenvalue weighted by atomic mass is 10.2. The highest BCUT2D eigenvalue weighted by Gasteiger charge is 2.12. The van der Waals surface area contributed by atoms with E-state index in [-0.39, 0.29) is 5.91 Å². The molecule has 4 N–H and O–H groups in total. The van der Waals surface area contributed by atoms with Gasteiger partial charge in [0, 0.05) is 5.39 Å². The van der Waals surface area contributed by atoms with Gasteiger partial charge >= 0.3 is 0 Å². The number of carbonyl (C=O) groups excluding carboxylic acids is 1. The number of rotatable bonds is 2. The number of hydrogen-bond donors (Lipinski definition) is 3. The Labute approximate surface area is 107 Å². The molecule has 0 atom stereocenters. The molecule has 0 spiro atoms. The van der Waals surface area contributed by atoms with Crippen LogP contribution in [0.1, 0.15) is 9.67 Å². The Balaban J connectivity index is 1.95. The van der Waals surface area contributed by atoms with Crippen molar-refractivity contribution in [3.63, 3.8) is 0 Å². The molecule has 0 aliphatic heterocycles. The Kier molecular flexibility index (Phi) is 2.49. The van der Waals surface area contributed by atoms with Gasteiger partial charge in [0.2, 0.25) is 0 Å². The van der Waals surface area contributed by atoms with E-state index in [0.717, 1.165) is 16.6 Å². The van der Waals surface area contributed by atoms with Crippen molar-refractivity contribution in [2.45, 2.75) is 0 Å². The molecule has 3 aromatic rings. The van der Waals surface area contributed by atoms with Gasteiger partial charge in [-0.25, -0.2) is 0 Å². The zero-order valence-electron chi connectivity index (χ0n) is 9.31. The first-order valence-electron chi connectivity index (χ1n) is 5.32. The fourth-order valence-electron chi connectivity index (χ4n) is 1.76. The van der Waals surface area contributed by atoms with Crippen molar-refractivity contribution in [1.29, 1.82) is 0 Å². The molecule has 6 heteroatoms. The number of aromatic nitrogens is 2. The smallest absolute Gasteiger partial charge is 0.267 e. The van der Waals surface area contributed by atoms with E-state index in [9.17, 15) is 4.79 Å². The average molecular weight is 258 g/mol. The number of nitrogen functional groups attached to an aromatic ring is 1. The van der Waals surface area contributed by atoms with Crippen molar-refractivity contribution in [2.24, 2.45) is 0 Å². The maximum Gasteiger partial charge on any atom is 0.267 e. The molecule has 0 bridgehead atoms. The summed E-state index contributed by atoms with van der Waals surface area (Å²) in [7, 11) is 0. The van der Waals surface area contributed by atoms with Gasteiger partial charge in [0.25, 0.3) is 5.91 Å². The molecule has 1 amide bonds. The van der Waals surface area contributed by atoms with Gasteiger partial charge in [0.15, 0.2) is 0 Å². The van der Waals surface area contributed by atoms with Crippen molar-refractivity contribution in [3.05, 3.63) is 40.7 Å². The fourth-order valence-corrected chi connectivity index (χ4v) is 2.47. The van der Waals surface area contributed by atoms with E-state index < -0.39 is 0 Å². The average Bonchev–Trinajstić information content (AvgIpc) is 2.97. The molecule has 5 nitrogen and oxygen atoms in total. The fraction of sp³-hybridized carbons (Fsp3) is 0. The van der Waals surface area contributed by atoms with Gasteiger partial charge in [-0.2, -0.15) is 5.10 Å². The van der Waals surface area contributed by atoms with Gasteiger partial charge in [-0.15, -0.1) is 11.3 Å². The SMILES string of the molecule is Nc1ccsc1C(=O)Nc1cccc2[nH]ncc12. The number of carbonyl (C=O) groups is 1. The topological polar surface area (TPSA) is 83.8 Å². The van der Waals surface area contributed by atoms with Crippen LogP contribution < -0.4 is 11.1 Å². The number of aromatic amines is 1. The second-order valence-electron chi connectivity index (χ2n) is 3.80. The summed E-state index contributed by atoms with van der Waals surface area (Å²) in [5, 5.41) is 12.3. The van der Waals surface area contributed by atoms with Crippen LogP contribution in [0.15, 0.2) is 35.8 Å². The van der Waals surface area contributed by atoms with Gasteiger partial charge in [-0.1, -0.05) is 6.07 Å². The second-order valence-corrected chi connectivity index (χ2v) is 4.71. The maximum absolute atomic E-state index is 12.1. The molecule has 0 aliphatic carbocycles. The number of amides is 1. The third-order valence-corrected chi connectivity index (χ3v) is 3.56. The van der Waals surface area contributed by atoms with Crippen LogP contribution in [0.3, 0.4) is 0 Å². The van der Waals surface area contributed by atoms with E-state index in [4.69, 9.17) is 5.73 Å². The molecular formula is C12H10N4OS. The third kappa shape index (κ3) is 1.72. The molecule has 2 aromatic heterocycles. The molecule has 0 saturated heterocycles. The number of nitrogens with one attached hydrogen (secondary N) is 2. The molecular weight excluding hydrogens is 248 g/mol. The molecule has 1 aromatic carbocycles. The summed E-state index contributed by atoms with van der Waals surface area (Å²) >= 11 is 1.32. The predicted molar refractivity (Wildman–Crippen MR) is 72.8 cm³/mol. The lowest BCUT2D eigenvalue weighted by Gasteiger charge is -2.05. The van der Waals surface area contributed by atoms with Crippen molar-refractivity contribution >= 4 is 39.5 Å². The van der Waals surface area contributed by atoms with Crippen LogP contribution in [0.4, 0.5) is 11.4 Å². The summed E-state index contributed by atoms with van der Waals surface area (Å²) in [6, 6.07) is 7.31. The monoisotopic (exact) mass is 258 g/mol. The zero-order chi connectivity index (χ0) is 12.5. The van der Waals surface area contributed by atoms with Gasteiger partial charge < -0.3 is 11.1 Å². The number of thiophene rings is 1. The largest absolute Gasteiger partial charge is 0.397 e. The van der Waals surface area contributed by atoms with E-state index in [1.807, 2.05) is 18.2 Å². The Morgan fingerprint density at radius 2 is 2.28 bits per heavy atom. The van der Waals surface area contributed by atoms with Gasteiger partial charge in [0.1, 0.15) is 4.88 Å². The van der Waals surface area contributed by atoms with E-state index >= 15 is 0 Å². The van der Waals surface area contributed by atoms with Crippen LogP contribution in [0.5, 0.6) is 0 Å². The highest BCUT2D eigenvalue weighted by atomic mass is 32.1. The first-order valence-corrected chi connectivity index (χ1v) is 6.20. The number of anilines is 2. The number of H-pyrrole nitrogens is 1. The van der Waals surface area contributed by atoms with Gasteiger partial charge in [-0.05, 0) is 23.6 Å². The Morgan fingerprint density at radius 3 is 3.06 bits per heavy atom. The minimum absolute atomic E-state index is 0.198. The number of fused-ring (bicyclic) bond motifs is 1. The summed E-state index contributed by atoms with van der Waals surface area (Å²) in [6.07, 6.45) is 1.68. The van der Waals surface area contributed by atoms with Crippen LogP contribution in [0, 0.1) is 0 Å². The van der Waals surface area contributed by atoms with Crippen LogP contribution in [0.25, 0.3) is 10.9 Å². The first kappa shape index (κ1) is 10.8. The molecule has 2 heterocycles. The van der Waals surface area contributed by atoms with Crippen LogP contribution in [0.2, 0.25) is 0 Å². The van der Waals surface area contributed by atoms with Crippen molar-refractivity contribution in [1.82, 2.24) is 10.2 Å². The maximum atomic E-state index is 12.1. The minimum Gasteiger partial charge on any atom is -0.397 e. The molecule has 3 rings (SSSR count). The quantitative estimate of drug-likeness (QED) is 0.660. The second kappa shape index (κ2) is 4.15. The number of hydrogen-bond acceptors (Lipinski definition) is 4. The number of benzene rings is 1. The minimum atomic E-state index is -0.198. The molecule has 0 fully saturated rings. The van der Waals surface area contributed by atoms with Crippen LogP contribution >= 0.6 is 11.3 Å². The lowest BCUT2D eigenvalue weighted by Crippen LogP contribution is -2.11. The third-order valence-electron chi connectivity index (χ3n) is 2.63. The van der Waals surface area contributed by atoms with Gasteiger partial charge in [-0.3, -0.25) is 9.89 Å². The zero-order valence-corrected chi connectivity index (χ0v) is 10.1. The summed E-state index contributed by atoms with van der Waals surface area (Å²) in [5.74, 6) is -0.198. The highest BCUT2D eigenvalue weighted by Crippen LogP contribution is 2.24. The molecule has 18 heavy (non-hydrogen) atoms. The van der Waals surface area contributed by atoms with Crippen LogP contribution in [-0.4, -0.2) is 16.1 Å². The molecule has 0 unspecified atom stereocenters. The summed E-state index contributed by atoms with van der Waals surface area (Å²) in [6.45, 7) is 0. The standard InChI is InChI=1S/C12H10N4OS/c13-8-4-5-18-11(8)12(17)15-9-2-1-3-10-7(9)6-14-16-10/h1-6H,13H2,(H,14,16)(H,15,17). The summed E-state index contributed by atoms with van der Waals surface area (Å²) < 4.78 is 0. The first-order chi connectivity index (χ1) is 8.75. The molecule has 0 aliphatic rings. The number of nitrogens with two attached hydrogens (primary N) is 1. The van der Waals surface area contributed by atoms with Crippen molar-refractivity contribution in [2.75, 3.05) is 11.1 Å². The predicted octanol–water partition coefficient (Wildman–Crippen LogP) is 2.46. The summed E-state index contributed by atoms with van der Waals surface area (Å²) in [5.41, 5.74) is 7.82. The Bertz CT molecular complexity index is 716. The van der Waals surface area contributed by atoms with Crippen molar-refractivity contribution < 1.29 is 4.79 Å². The van der Waals surface area contributed by atoms with E-state index in [0.29, 0.717) is 10.6 Å². The highest BCUT2D eigenvalue weighted by molar-refractivity contribution is 7.12. The molecule has 0 radical (unpaired) electrons. The molecule has 90 valence electrons. The Hall–Kier alpha value is -2.34. The molecule has 0 saturated carbocycles. The summed E-state index contributed by atoms with van der Waals surface area (Å²) in [4.78, 5) is 12.6. The van der Waals surface area contributed by atoms with E-state index in [1.165, 1.54) is 11.3 Å².